The Kier molecular flexibility index (Phi) is 12.5. The zero-order chi connectivity index (χ0) is 29.0. The Labute approximate surface area is 223 Å². The Morgan fingerprint density at radius 2 is 1.79 bits per heavy atom. The van der Waals surface area contributed by atoms with Gasteiger partial charge in [-0.3, -0.25) is 19.2 Å². The minimum absolute atomic E-state index is 0.0352. The van der Waals surface area contributed by atoms with Crippen LogP contribution in [0.3, 0.4) is 0 Å². The minimum Gasteiger partial charge on any atom is -0.507 e. The molecule has 5 N–H and O–H groups in total. The number of benzene rings is 1. The molecule has 0 bridgehead atoms. The fraction of sp³-hybridized carbons (Fsp3) is 0.577. The number of amides is 4. The number of phenols is 1. The summed E-state index contributed by atoms with van der Waals surface area (Å²) in [6.07, 6.45) is -1.18. The molecule has 0 spiro atoms. The normalized spacial score (nSPS) is 12.6. The van der Waals surface area contributed by atoms with Gasteiger partial charge in [0, 0.05) is 18.7 Å². The maximum atomic E-state index is 13.8. The molecule has 1 aromatic rings. The number of hydrogen-bond acceptors (Lipinski definition) is 8. The lowest BCUT2D eigenvalue weighted by Gasteiger charge is -2.34. The lowest BCUT2D eigenvalue weighted by Crippen LogP contribution is -2.54. The number of hydrogen-bond donors (Lipinski definition) is 4. The van der Waals surface area contributed by atoms with E-state index >= 15 is 0 Å². The number of esters is 1. The zero-order valence-electron chi connectivity index (χ0n) is 23.0. The third-order valence-corrected chi connectivity index (χ3v) is 5.20. The number of para-hydroxylation sites is 1. The summed E-state index contributed by atoms with van der Waals surface area (Å²) in [5.74, 6) is -3.01. The molecule has 0 saturated carbocycles. The summed E-state index contributed by atoms with van der Waals surface area (Å²) >= 11 is 0. The van der Waals surface area contributed by atoms with Gasteiger partial charge in [0.05, 0.1) is 19.4 Å². The van der Waals surface area contributed by atoms with Crippen molar-refractivity contribution in [2.45, 2.75) is 78.5 Å². The highest BCUT2D eigenvalue weighted by Gasteiger charge is 2.37. The van der Waals surface area contributed by atoms with Crippen LogP contribution < -0.4 is 16.4 Å². The first-order valence-electron chi connectivity index (χ1n) is 12.5. The van der Waals surface area contributed by atoms with Gasteiger partial charge in [-0.05, 0) is 46.6 Å². The number of carbonyl (C=O) groups excluding carboxylic acids is 5. The summed E-state index contributed by atoms with van der Waals surface area (Å²) in [7, 11) is 0. The molecule has 1 aromatic carbocycles. The van der Waals surface area contributed by atoms with Crippen LogP contribution >= 0.6 is 0 Å². The smallest absolute Gasteiger partial charge is 0.408 e. The molecule has 12 heteroatoms. The SMILES string of the molecule is CCCN(C(=O)C(CC(N)=O)NC(=O)OC(C)(C)C)C(C(=O)NCCC(=O)OCC)c1cccc(C)c1O. The van der Waals surface area contributed by atoms with Crippen LogP contribution in [0.15, 0.2) is 18.2 Å². The zero-order valence-corrected chi connectivity index (χ0v) is 23.0. The summed E-state index contributed by atoms with van der Waals surface area (Å²) in [6, 6.07) is 1.98. The average Bonchev–Trinajstić information content (AvgIpc) is 2.79. The van der Waals surface area contributed by atoms with Gasteiger partial charge in [-0.1, -0.05) is 25.1 Å². The third kappa shape index (κ3) is 10.3. The number of rotatable bonds is 13. The first-order valence-corrected chi connectivity index (χ1v) is 12.5. The molecule has 0 aromatic heterocycles. The van der Waals surface area contributed by atoms with Crippen molar-refractivity contribution in [3.05, 3.63) is 29.3 Å². The van der Waals surface area contributed by atoms with Crippen molar-refractivity contribution in [2.24, 2.45) is 5.73 Å². The van der Waals surface area contributed by atoms with Gasteiger partial charge in [-0.2, -0.15) is 0 Å². The molecule has 0 radical (unpaired) electrons. The number of alkyl carbamates (subject to hydrolysis) is 1. The summed E-state index contributed by atoms with van der Waals surface area (Å²) in [4.78, 5) is 64.3. The Balaban J connectivity index is 3.44. The van der Waals surface area contributed by atoms with Crippen LogP contribution in [-0.2, 0) is 28.7 Å². The molecule has 2 atom stereocenters. The molecule has 4 amide bonds. The van der Waals surface area contributed by atoms with Crippen LogP contribution in [-0.4, -0.2) is 71.1 Å². The van der Waals surface area contributed by atoms with Gasteiger partial charge in [-0.25, -0.2) is 4.79 Å². The number of aromatic hydroxyl groups is 1. The first-order chi connectivity index (χ1) is 17.7. The number of nitrogens with one attached hydrogen (secondary N) is 2. The Morgan fingerprint density at radius 1 is 1.13 bits per heavy atom. The monoisotopic (exact) mass is 536 g/mol. The number of phenolic OH excluding ortho intramolecular Hbond substituents is 1. The maximum Gasteiger partial charge on any atom is 0.408 e. The Bertz CT molecular complexity index is 1010. The van der Waals surface area contributed by atoms with Crippen molar-refractivity contribution in [3.8, 4) is 5.75 Å². The average molecular weight is 537 g/mol. The second-order valence-electron chi connectivity index (χ2n) is 9.66. The van der Waals surface area contributed by atoms with Gasteiger partial charge in [0.15, 0.2) is 0 Å². The van der Waals surface area contributed by atoms with Crippen molar-refractivity contribution in [1.29, 1.82) is 0 Å². The topological polar surface area (TPSA) is 177 Å². The molecule has 0 aliphatic carbocycles. The van der Waals surface area contributed by atoms with Crippen LogP contribution in [0.25, 0.3) is 0 Å². The van der Waals surface area contributed by atoms with E-state index in [0.717, 1.165) is 0 Å². The fourth-order valence-electron chi connectivity index (χ4n) is 3.63. The van der Waals surface area contributed by atoms with Gasteiger partial charge >= 0.3 is 12.1 Å². The first kappa shape index (κ1) is 32.2. The Hall–Kier alpha value is -3.83. The molecule has 1 rings (SSSR count). The number of aryl methyl sites for hydroxylation is 1. The number of nitrogens with two attached hydrogens (primary N) is 1. The van der Waals surface area contributed by atoms with Crippen LogP contribution in [0.4, 0.5) is 4.79 Å². The van der Waals surface area contributed by atoms with E-state index in [2.05, 4.69) is 10.6 Å². The van der Waals surface area contributed by atoms with E-state index in [1.54, 1.807) is 53.7 Å². The molecule has 212 valence electrons. The molecular weight excluding hydrogens is 496 g/mol. The van der Waals surface area contributed by atoms with Crippen molar-refractivity contribution in [3.63, 3.8) is 0 Å². The minimum atomic E-state index is -1.43. The Morgan fingerprint density at radius 3 is 2.34 bits per heavy atom. The van der Waals surface area contributed by atoms with Gasteiger partial charge in [-0.15, -0.1) is 0 Å². The highest BCUT2D eigenvalue weighted by atomic mass is 16.6. The van der Waals surface area contributed by atoms with Crippen LogP contribution in [0.5, 0.6) is 5.75 Å². The second kappa shape index (κ2) is 14.8. The third-order valence-electron chi connectivity index (χ3n) is 5.20. The summed E-state index contributed by atoms with van der Waals surface area (Å²) in [6.45, 7) is 10.1. The molecule has 0 fully saturated rings. The molecule has 0 aliphatic heterocycles. The molecule has 38 heavy (non-hydrogen) atoms. The van der Waals surface area contributed by atoms with Crippen molar-refractivity contribution in [2.75, 3.05) is 19.7 Å². The second-order valence-corrected chi connectivity index (χ2v) is 9.66. The predicted molar refractivity (Wildman–Crippen MR) is 139 cm³/mol. The van der Waals surface area contributed by atoms with E-state index in [0.29, 0.717) is 12.0 Å². The number of primary amides is 1. The van der Waals surface area contributed by atoms with Crippen LogP contribution in [0.2, 0.25) is 0 Å². The van der Waals surface area contributed by atoms with E-state index in [1.165, 1.54) is 11.0 Å². The quantitative estimate of drug-likeness (QED) is 0.276. The maximum absolute atomic E-state index is 13.8. The highest BCUT2D eigenvalue weighted by molar-refractivity contribution is 5.95. The van der Waals surface area contributed by atoms with Gasteiger partial charge in [0.2, 0.25) is 17.7 Å². The summed E-state index contributed by atoms with van der Waals surface area (Å²) in [5.41, 5.74) is 5.08. The van der Waals surface area contributed by atoms with Crippen molar-refractivity contribution >= 4 is 29.8 Å². The summed E-state index contributed by atoms with van der Waals surface area (Å²) < 4.78 is 10.1. The predicted octanol–water partition coefficient (Wildman–Crippen LogP) is 1.82. The van der Waals surface area contributed by atoms with Gasteiger partial charge in [0.25, 0.3) is 0 Å². The van der Waals surface area contributed by atoms with Gasteiger partial charge < -0.3 is 35.8 Å². The number of ether oxygens (including phenoxy) is 2. The number of nitrogens with zero attached hydrogens (tertiary/aromatic N) is 1. The van der Waals surface area contributed by atoms with E-state index in [-0.39, 0.29) is 37.4 Å². The standard InChI is InChI=1S/C26H40N4O8/c1-7-14-30(24(35)18(15-19(27)31)29-25(36)38-26(4,5)6)21(17-11-9-10-16(3)22(17)33)23(34)28-13-12-20(32)37-8-2/h9-11,18,21,33H,7-8,12-15H2,1-6H3,(H2,27,31)(H,28,34)(H,29,36). The lowest BCUT2D eigenvalue weighted by atomic mass is 9.98. The fourth-order valence-corrected chi connectivity index (χ4v) is 3.63. The van der Waals surface area contributed by atoms with Crippen LogP contribution in [0, 0.1) is 6.92 Å². The lowest BCUT2D eigenvalue weighted by molar-refractivity contribution is -0.144. The summed E-state index contributed by atoms with van der Waals surface area (Å²) in [5, 5.41) is 15.8. The van der Waals surface area contributed by atoms with E-state index in [9.17, 15) is 29.1 Å². The van der Waals surface area contributed by atoms with E-state index in [1.807, 2.05) is 0 Å². The highest BCUT2D eigenvalue weighted by Crippen LogP contribution is 2.32. The van der Waals surface area contributed by atoms with Crippen molar-refractivity contribution in [1.82, 2.24) is 15.5 Å². The van der Waals surface area contributed by atoms with Crippen molar-refractivity contribution < 1.29 is 38.6 Å². The molecule has 0 aliphatic rings. The largest absolute Gasteiger partial charge is 0.507 e. The molecule has 0 saturated heterocycles. The van der Waals surface area contributed by atoms with E-state index < -0.39 is 53.9 Å². The molecule has 2 unspecified atom stereocenters. The molecule has 0 heterocycles. The van der Waals surface area contributed by atoms with Gasteiger partial charge in [0.1, 0.15) is 23.4 Å². The molecule has 12 nitrogen and oxygen atoms in total. The molecular formula is C26H40N4O8. The van der Waals surface area contributed by atoms with Crippen LogP contribution in [0.1, 0.15) is 71.0 Å². The van der Waals surface area contributed by atoms with E-state index in [4.69, 9.17) is 15.2 Å². The number of carbonyl (C=O) groups is 5.